The monoisotopic (exact) mass is 346 g/mol. The van der Waals surface area contributed by atoms with Crippen LogP contribution in [0.1, 0.15) is 11.3 Å². The Labute approximate surface area is 128 Å². The number of hydrogen-bond donors (Lipinski definition) is 0. The van der Waals surface area contributed by atoms with Crippen LogP contribution in [0.15, 0.2) is 64.9 Å². The molecule has 0 N–H and O–H groups in total. The third kappa shape index (κ3) is 1.65. The van der Waals surface area contributed by atoms with Crippen molar-refractivity contribution in [1.29, 1.82) is 0 Å². The van der Waals surface area contributed by atoms with E-state index in [0.29, 0.717) is 11.4 Å². The summed E-state index contributed by atoms with van der Waals surface area (Å²) in [5.74, 6) is 0. The van der Waals surface area contributed by atoms with Gasteiger partial charge in [0, 0.05) is 27.9 Å². The van der Waals surface area contributed by atoms with Crippen LogP contribution < -0.4 is 0 Å². The molecule has 3 heterocycles. The number of allylic oxidation sites excluding steroid dienone is 2. The van der Waals surface area contributed by atoms with Gasteiger partial charge in [0.1, 0.15) is 6.21 Å². The summed E-state index contributed by atoms with van der Waals surface area (Å²) in [6.45, 7) is -3.83. The molecule has 0 aliphatic carbocycles. The predicted molar refractivity (Wildman–Crippen MR) is 83.4 cm³/mol. The van der Waals surface area contributed by atoms with Crippen molar-refractivity contribution >= 4 is 34.7 Å². The lowest BCUT2D eigenvalue weighted by atomic mass is 9.86. The van der Waals surface area contributed by atoms with Gasteiger partial charge >= 0.3 is 6.97 Å². The third-order valence-electron chi connectivity index (χ3n) is 3.88. The molecular weight excluding hydrogens is 337 g/mol. The lowest BCUT2D eigenvalue weighted by Crippen LogP contribution is -2.49. The Morgan fingerprint density at radius 2 is 1.90 bits per heavy atom. The minimum Gasteiger partial charge on any atom is -0.396 e. The Morgan fingerprint density at radius 1 is 1.10 bits per heavy atom. The van der Waals surface area contributed by atoms with Gasteiger partial charge in [-0.25, -0.2) is 0 Å². The van der Waals surface area contributed by atoms with E-state index in [4.69, 9.17) is 0 Å². The van der Waals surface area contributed by atoms with Gasteiger partial charge in [-0.3, -0.25) is 0 Å². The van der Waals surface area contributed by atoms with Crippen LogP contribution in [0.2, 0.25) is 0 Å². The summed E-state index contributed by atoms with van der Waals surface area (Å²) >= 11 is 3.52. The lowest BCUT2D eigenvalue weighted by Gasteiger charge is -2.31. The average Bonchev–Trinajstić information content (AvgIpc) is 3.10. The molecule has 0 fully saturated rings. The molecule has 4 rings (SSSR count). The molecule has 0 amide bonds. The standard InChI is InChI=1S/C15H10BBrF2N2/c17-12-6-2-1-5-11(12)15-13-7-3-9-20(13)16(18,19)21-10-4-8-14(15)21/h1-10H. The SMILES string of the molecule is F[B-]1(F)n2cccc2C(c2ccccc2Br)=C2C=CC=[N+]21. The minimum atomic E-state index is -3.83. The van der Waals surface area contributed by atoms with Crippen LogP contribution in [0, 0.1) is 0 Å². The number of fused-ring (bicyclic) bond motifs is 2. The molecule has 0 saturated carbocycles. The van der Waals surface area contributed by atoms with E-state index < -0.39 is 6.97 Å². The lowest BCUT2D eigenvalue weighted by molar-refractivity contribution is -0.356. The van der Waals surface area contributed by atoms with Crippen LogP contribution in [0.25, 0.3) is 5.57 Å². The van der Waals surface area contributed by atoms with Crippen molar-refractivity contribution in [2.24, 2.45) is 0 Å². The van der Waals surface area contributed by atoms with Crippen LogP contribution in [-0.2, 0) is 0 Å². The van der Waals surface area contributed by atoms with E-state index >= 15 is 0 Å². The Kier molecular flexibility index (Phi) is 2.60. The van der Waals surface area contributed by atoms with Gasteiger partial charge < -0.3 is 17.6 Å². The maximum absolute atomic E-state index is 14.6. The van der Waals surface area contributed by atoms with E-state index in [0.717, 1.165) is 24.6 Å². The van der Waals surface area contributed by atoms with Crippen LogP contribution in [0.5, 0.6) is 0 Å². The zero-order valence-corrected chi connectivity index (χ0v) is 12.5. The highest BCUT2D eigenvalue weighted by atomic mass is 79.9. The molecule has 0 bridgehead atoms. The van der Waals surface area contributed by atoms with Crippen LogP contribution >= 0.6 is 15.9 Å². The maximum Gasteiger partial charge on any atom is 0.737 e. The Balaban J connectivity index is 2.09. The Bertz CT molecular complexity index is 849. The largest absolute Gasteiger partial charge is 0.737 e. The predicted octanol–water partition coefficient (Wildman–Crippen LogP) is 3.90. The van der Waals surface area contributed by atoms with E-state index in [-0.39, 0.29) is 0 Å². The summed E-state index contributed by atoms with van der Waals surface area (Å²) in [6, 6.07) is 11.1. The molecule has 21 heavy (non-hydrogen) atoms. The highest BCUT2D eigenvalue weighted by Crippen LogP contribution is 2.40. The van der Waals surface area contributed by atoms with Crippen molar-refractivity contribution < 1.29 is 13.1 Å². The minimum absolute atomic E-state index is 0.540. The van der Waals surface area contributed by atoms with Crippen LogP contribution in [0.4, 0.5) is 8.63 Å². The van der Waals surface area contributed by atoms with Gasteiger partial charge in [-0.05, 0) is 24.4 Å². The number of benzene rings is 1. The van der Waals surface area contributed by atoms with Crippen LogP contribution in [-0.4, -0.2) is 22.1 Å². The molecule has 104 valence electrons. The van der Waals surface area contributed by atoms with Gasteiger partial charge in [0.05, 0.1) is 5.57 Å². The Hall–Kier alpha value is -1.95. The summed E-state index contributed by atoms with van der Waals surface area (Å²) in [4.78, 5) is 0. The highest BCUT2D eigenvalue weighted by molar-refractivity contribution is 9.10. The van der Waals surface area contributed by atoms with Crippen molar-refractivity contribution in [3.05, 3.63) is 76.2 Å². The second kappa shape index (κ2) is 4.27. The fraction of sp³-hybridized carbons (Fsp3) is 0. The fourth-order valence-corrected chi connectivity index (χ4v) is 3.44. The van der Waals surface area contributed by atoms with E-state index in [2.05, 4.69) is 15.9 Å². The quantitative estimate of drug-likeness (QED) is 0.692. The Morgan fingerprint density at radius 3 is 2.71 bits per heavy atom. The zero-order valence-electron chi connectivity index (χ0n) is 10.9. The topological polar surface area (TPSA) is 7.94 Å². The fourth-order valence-electron chi connectivity index (χ4n) is 2.96. The number of nitrogens with zero attached hydrogens (tertiary/aromatic N) is 2. The molecule has 2 nitrogen and oxygen atoms in total. The van der Waals surface area contributed by atoms with Gasteiger partial charge in [-0.15, -0.1) is 0 Å². The van der Waals surface area contributed by atoms with E-state index in [1.54, 1.807) is 24.3 Å². The van der Waals surface area contributed by atoms with Crippen molar-refractivity contribution in [1.82, 2.24) is 4.48 Å². The van der Waals surface area contributed by atoms with Gasteiger partial charge in [0.25, 0.3) is 0 Å². The molecule has 6 heteroatoms. The molecule has 1 aromatic carbocycles. The average molecular weight is 347 g/mol. The first-order valence-corrected chi connectivity index (χ1v) is 7.39. The summed E-state index contributed by atoms with van der Waals surface area (Å²) in [6.07, 6.45) is 6.28. The number of aromatic nitrogens is 1. The second-order valence-electron chi connectivity index (χ2n) is 5.04. The van der Waals surface area contributed by atoms with Gasteiger partial charge in [-0.2, -0.15) is 0 Å². The molecule has 2 aliphatic rings. The summed E-state index contributed by atoms with van der Waals surface area (Å²) in [5.41, 5.74) is 2.80. The first-order valence-electron chi connectivity index (χ1n) is 6.59. The molecule has 0 atom stereocenters. The van der Waals surface area contributed by atoms with Gasteiger partial charge in [-0.1, -0.05) is 34.1 Å². The van der Waals surface area contributed by atoms with Crippen LogP contribution in [0.3, 0.4) is 0 Å². The van der Waals surface area contributed by atoms with Crippen molar-refractivity contribution in [2.45, 2.75) is 0 Å². The normalized spacial score (nSPS) is 18.5. The second-order valence-corrected chi connectivity index (χ2v) is 5.90. The smallest absolute Gasteiger partial charge is 0.396 e. The van der Waals surface area contributed by atoms with Crippen molar-refractivity contribution in [3.63, 3.8) is 0 Å². The molecule has 1 aromatic heterocycles. The summed E-state index contributed by atoms with van der Waals surface area (Å²) < 4.78 is 32.2. The molecule has 2 aliphatic heterocycles. The first-order chi connectivity index (χ1) is 10.1. The zero-order chi connectivity index (χ0) is 14.6. The first kappa shape index (κ1) is 12.8. The van der Waals surface area contributed by atoms with Gasteiger partial charge in [0.15, 0.2) is 5.70 Å². The van der Waals surface area contributed by atoms with Gasteiger partial charge in [0.2, 0.25) is 0 Å². The maximum atomic E-state index is 14.6. The molecule has 2 aromatic rings. The molecule has 0 unspecified atom stereocenters. The highest BCUT2D eigenvalue weighted by Gasteiger charge is 2.51. The number of halogens is 3. The third-order valence-corrected chi connectivity index (χ3v) is 4.57. The van der Waals surface area contributed by atoms with E-state index in [1.807, 2.05) is 24.3 Å². The summed E-state index contributed by atoms with van der Waals surface area (Å²) in [5, 5.41) is 0. The molecule has 0 radical (unpaired) electrons. The summed E-state index contributed by atoms with van der Waals surface area (Å²) in [7, 11) is 0. The van der Waals surface area contributed by atoms with Crippen molar-refractivity contribution in [3.8, 4) is 0 Å². The number of rotatable bonds is 1. The molecule has 0 saturated heterocycles. The molecular formula is C15H10BBrF2N2. The van der Waals surface area contributed by atoms with E-state index in [9.17, 15) is 8.63 Å². The van der Waals surface area contributed by atoms with E-state index in [1.165, 1.54) is 12.4 Å². The molecule has 0 spiro atoms. The van der Waals surface area contributed by atoms with Crippen molar-refractivity contribution in [2.75, 3.05) is 0 Å². The number of hydrogen-bond acceptors (Lipinski definition) is 0.